The van der Waals surface area contributed by atoms with E-state index < -0.39 is 17.0 Å². The number of fused-ring (bicyclic) bond motifs is 1. The molecule has 0 bridgehead atoms. The van der Waals surface area contributed by atoms with Crippen molar-refractivity contribution in [2.24, 2.45) is 0 Å². The van der Waals surface area contributed by atoms with E-state index in [4.69, 9.17) is 0 Å². The lowest BCUT2D eigenvalue weighted by atomic mass is 10.1. The predicted molar refractivity (Wildman–Crippen MR) is 78.0 cm³/mol. The molecular weight excluding hydrogens is 270 g/mol. The van der Waals surface area contributed by atoms with Crippen molar-refractivity contribution in [3.63, 3.8) is 0 Å². The number of carbonyl (C=O) groups excluding carboxylic acids is 1. The van der Waals surface area contributed by atoms with Gasteiger partial charge in [-0.15, -0.1) is 0 Å². The Bertz CT molecular complexity index is 964. The van der Waals surface area contributed by atoms with Crippen LogP contribution in [0.15, 0.2) is 52.3 Å². The number of aromatic nitrogens is 3. The van der Waals surface area contributed by atoms with E-state index in [-0.39, 0.29) is 5.56 Å². The molecule has 0 spiro atoms. The number of rotatable bonds is 2. The van der Waals surface area contributed by atoms with E-state index in [9.17, 15) is 14.4 Å². The number of Topliss-reactive ketones (excluding diaryl/α,β-unsaturated/α-hetero) is 1. The summed E-state index contributed by atoms with van der Waals surface area (Å²) in [5.74, 6) is -0.400. The largest absolute Gasteiger partial charge is 0.333 e. The average molecular weight is 281 g/mol. The SMILES string of the molecule is CC(=O)c1c[nH]c(=O)n(-c2cccc3ncccc23)c1=O. The van der Waals surface area contributed by atoms with Crippen LogP contribution in [0, 0.1) is 0 Å². The molecule has 0 amide bonds. The first-order chi connectivity index (χ1) is 10.1. The lowest BCUT2D eigenvalue weighted by Gasteiger charge is -2.08. The van der Waals surface area contributed by atoms with Crippen LogP contribution in [0.4, 0.5) is 0 Å². The molecule has 0 unspecified atom stereocenters. The zero-order chi connectivity index (χ0) is 15.0. The fraction of sp³-hybridized carbons (Fsp3) is 0.0667. The lowest BCUT2D eigenvalue weighted by molar-refractivity contribution is 0.101. The fourth-order valence-electron chi connectivity index (χ4n) is 2.23. The number of benzene rings is 1. The summed E-state index contributed by atoms with van der Waals surface area (Å²) in [5, 5.41) is 0.660. The second kappa shape index (κ2) is 4.82. The summed E-state index contributed by atoms with van der Waals surface area (Å²) in [6.45, 7) is 1.28. The highest BCUT2D eigenvalue weighted by atomic mass is 16.2. The van der Waals surface area contributed by atoms with Crippen LogP contribution in [-0.2, 0) is 0 Å². The van der Waals surface area contributed by atoms with Crippen LogP contribution < -0.4 is 11.2 Å². The van der Waals surface area contributed by atoms with Crippen molar-refractivity contribution in [3.05, 3.63) is 69.1 Å². The van der Waals surface area contributed by atoms with E-state index in [1.54, 1.807) is 36.5 Å². The van der Waals surface area contributed by atoms with Gasteiger partial charge < -0.3 is 4.98 Å². The van der Waals surface area contributed by atoms with Crippen molar-refractivity contribution in [2.75, 3.05) is 0 Å². The third-order valence-electron chi connectivity index (χ3n) is 3.22. The Kier molecular flexibility index (Phi) is 2.98. The standard InChI is InChI=1S/C15H11N3O3/c1-9(19)11-8-17-15(21)18(14(11)20)13-6-2-5-12-10(13)4-3-7-16-12/h2-8H,1H3,(H,17,21). The fourth-order valence-corrected chi connectivity index (χ4v) is 2.23. The minimum absolute atomic E-state index is 0.0597. The summed E-state index contributed by atoms with van der Waals surface area (Å²) in [7, 11) is 0. The first-order valence-corrected chi connectivity index (χ1v) is 6.29. The zero-order valence-corrected chi connectivity index (χ0v) is 11.2. The van der Waals surface area contributed by atoms with E-state index >= 15 is 0 Å². The minimum atomic E-state index is -0.636. The highest BCUT2D eigenvalue weighted by molar-refractivity contribution is 5.93. The van der Waals surface area contributed by atoms with Gasteiger partial charge in [0, 0.05) is 17.8 Å². The van der Waals surface area contributed by atoms with Gasteiger partial charge in [-0.05, 0) is 31.2 Å². The summed E-state index contributed by atoms with van der Waals surface area (Å²) in [5.41, 5.74) is -0.232. The number of nitrogens with one attached hydrogen (secondary N) is 1. The summed E-state index contributed by atoms with van der Waals surface area (Å²) < 4.78 is 0.959. The molecule has 6 nitrogen and oxygen atoms in total. The Balaban J connectivity index is 2.44. The van der Waals surface area contributed by atoms with Crippen molar-refractivity contribution in [3.8, 4) is 5.69 Å². The molecule has 1 aromatic carbocycles. The molecule has 2 heterocycles. The van der Waals surface area contributed by atoms with Crippen molar-refractivity contribution in [2.45, 2.75) is 6.92 Å². The number of hydrogen-bond acceptors (Lipinski definition) is 4. The minimum Gasteiger partial charge on any atom is -0.313 e. The molecule has 0 fully saturated rings. The molecule has 2 aromatic heterocycles. The van der Waals surface area contributed by atoms with Gasteiger partial charge in [0.25, 0.3) is 5.56 Å². The molecule has 0 aliphatic heterocycles. The van der Waals surface area contributed by atoms with Crippen molar-refractivity contribution in [1.29, 1.82) is 0 Å². The Labute approximate surface area is 118 Å². The number of aromatic amines is 1. The van der Waals surface area contributed by atoms with Crippen LogP contribution >= 0.6 is 0 Å². The molecule has 1 N–H and O–H groups in total. The maximum Gasteiger partial charge on any atom is 0.333 e. The topological polar surface area (TPSA) is 84.8 Å². The van der Waals surface area contributed by atoms with E-state index in [1.165, 1.54) is 6.92 Å². The Morgan fingerprint density at radius 2 is 2.00 bits per heavy atom. The molecule has 0 saturated carbocycles. The molecular formula is C15H11N3O3. The lowest BCUT2D eigenvalue weighted by Crippen LogP contribution is -2.36. The van der Waals surface area contributed by atoms with Gasteiger partial charge in [-0.25, -0.2) is 9.36 Å². The van der Waals surface area contributed by atoms with Gasteiger partial charge in [-0.1, -0.05) is 6.07 Å². The molecule has 3 rings (SSSR count). The first-order valence-electron chi connectivity index (χ1n) is 6.29. The maximum atomic E-state index is 12.4. The molecule has 0 aliphatic carbocycles. The highest BCUT2D eigenvalue weighted by Crippen LogP contribution is 2.18. The summed E-state index contributed by atoms with van der Waals surface area (Å²) >= 11 is 0. The van der Waals surface area contributed by atoms with Gasteiger partial charge in [0.05, 0.1) is 16.8 Å². The Morgan fingerprint density at radius 1 is 1.19 bits per heavy atom. The summed E-state index contributed by atoms with van der Waals surface area (Å²) in [6.07, 6.45) is 2.78. The number of hydrogen-bond donors (Lipinski definition) is 1. The highest BCUT2D eigenvalue weighted by Gasteiger charge is 2.14. The van der Waals surface area contributed by atoms with Gasteiger partial charge in [-0.3, -0.25) is 14.6 Å². The van der Waals surface area contributed by atoms with Gasteiger partial charge >= 0.3 is 5.69 Å². The quantitative estimate of drug-likeness (QED) is 0.717. The van der Waals surface area contributed by atoms with Gasteiger partial charge in [-0.2, -0.15) is 0 Å². The summed E-state index contributed by atoms with van der Waals surface area (Å²) in [4.78, 5) is 42.5. The molecule has 104 valence electrons. The van der Waals surface area contributed by atoms with Crippen molar-refractivity contribution < 1.29 is 4.79 Å². The zero-order valence-electron chi connectivity index (χ0n) is 11.2. The second-order valence-corrected chi connectivity index (χ2v) is 4.55. The Hall–Kier alpha value is -3.02. The number of H-pyrrole nitrogens is 1. The number of ketones is 1. The Morgan fingerprint density at radius 3 is 2.76 bits per heavy atom. The van der Waals surface area contributed by atoms with Crippen LogP contribution in [0.3, 0.4) is 0 Å². The molecule has 0 saturated heterocycles. The molecule has 21 heavy (non-hydrogen) atoms. The van der Waals surface area contributed by atoms with Crippen molar-refractivity contribution in [1.82, 2.24) is 14.5 Å². The monoisotopic (exact) mass is 281 g/mol. The number of carbonyl (C=O) groups is 1. The third kappa shape index (κ3) is 2.06. The van der Waals surface area contributed by atoms with Crippen molar-refractivity contribution >= 4 is 16.7 Å². The maximum absolute atomic E-state index is 12.4. The van der Waals surface area contributed by atoms with Crippen LogP contribution in [0.5, 0.6) is 0 Å². The molecule has 0 atom stereocenters. The molecule has 6 heteroatoms. The molecule has 3 aromatic rings. The van der Waals surface area contributed by atoms with E-state index in [0.717, 1.165) is 10.8 Å². The van der Waals surface area contributed by atoms with Gasteiger partial charge in [0.2, 0.25) is 0 Å². The van der Waals surface area contributed by atoms with Crippen LogP contribution in [0.2, 0.25) is 0 Å². The third-order valence-corrected chi connectivity index (χ3v) is 3.22. The predicted octanol–water partition coefficient (Wildman–Crippen LogP) is 1.28. The van der Waals surface area contributed by atoms with E-state index in [1.807, 2.05) is 0 Å². The average Bonchev–Trinajstić information content (AvgIpc) is 2.47. The van der Waals surface area contributed by atoms with E-state index in [2.05, 4.69) is 9.97 Å². The first kappa shape index (κ1) is 13.0. The summed E-state index contributed by atoms with van der Waals surface area (Å²) in [6, 6.07) is 8.62. The normalized spacial score (nSPS) is 10.7. The van der Waals surface area contributed by atoms with Crippen LogP contribution in [0.25, 0.3) is 16.6 Å². The van der Waals surface area contributed by atoms with Crippen LogP contribution in [0.1, 0.15) is 17.3 Å². The smallest absolute Gasteiger partial charge is 0.313 e. The van der Waals surface area contributed by atoms with Gasteiger partial charge in [0.1, 0.15) is 0 Å². The second-order valence-electron chi connectivity index (χ2n) is 4.55. The number of nitrogens with zero attached hydrogens (tertiary/aromatic N) is 2. The van der Waals surface area contributed by atoms with Gasteiger partial charge in [0.15, 0.2) is 5.78 Å². The van der Waals surface area contributed by atoms with Crippen LogP contribution in [-0.4, -0.2) is 20.3 Å². The molecule has 0 radical (unpaired) electrons. The molecule has 0 aliphatic rings. The van der Waals surface area contributed by atoms with E-state index in [0.29, 0.717) is 16.6 Å². The number of pyridine rings is 1.